The molecule has 0 N–H and O–H groups in total. The molecule has 1 aromatic heterocycles. The first kappa shape index (κ1) is 12.6. The fourth-order valence-corrected chi connectivity index (χ4v) is 0.821. The first-order chi connectivity index (χ1) is 4.91. The van der Waals surface area contributed by atoms with E-state index in [4.69, 9.17) is 0 Å². The summed E-state index contributed by atoms with van der Waals surface area (Å²) < 4.78 is 36.0. The van der Waals surface area contributed by atoms with E-state index in [2.05, 4.69) is 10.2 Å². The molecule has 0 unspecified atom stereocenters. The van der Waals surface area contributed by atoms with Crippen molar-refractivity contribution in [2.24, 2.45) is 7.05 Å². The molecule has 1 heterocycles. The van der Waals surface area contributed by atoms with Crippen LogP contribution in [0.2, 0.25) is 0 Å². The second kappa shape index (κ2) is 4.23. The van der Waals surface area contributed by atoms with Gasteiger partial charge in [0.05, 0.1) is 5.69 Å². The van der Waals surface area contributed by atoms with E-state index in [1.165, 1.54) is 14.0 Å². The average molecular weight is 203 g/mol. The molecular weight excluding hydrogens is 197 g/mol. The molecule has 0 aromatic carbocycles. The summed E-state index contributed by atoms with van der Waals surface area (Å²) in [6.07, 6.45) is 0. The summed E-state index contributed by atoms with van der Waals surface area (Å²) in [6, 6.07) is 0. The van der Waals surface area contributed by atoms with Gasteiger partial charge in [-0.25, -0.2) is 0 Å². The molecule has 0 bridgehead atoms. The van der Waals surface area contributed by atoms with Gasteiger partial charge in [0.25, 0.3) is 0 Å². The van der Waals surface area contributed by atoms with Crippen LogP contribution in [0.15, 0.2) is 0 Å². The summed E-state index contributed by atoms with van der Waals surface area (Å²) in [7, 11) is 1.36. The molecule has 0 aliphatic rings. The van der Waals surface area contributed by atoms with Crippen molar-refractivity contribution in [1.82, 2.24) is 15.0 Å². The smallest absolute Gasteiger partial charge is 0.444 e. The minimum absolute atomic E-state index is 0. The average Bonchev–Trinajstić information content (AvgIpc) is 2.08. The predicted molar refractivity (Wildman–Crippen MR) is 34.5 cm³/mol. The summed E-state index contributed by atoms with van der Waals surface area (Å²) in [4.78, 5) is 0.917. The molecular formula is C4H6BF3KN3. The van der Waals surface area contributed by atoms with E-state index < -0.39 is 12.6 Å². The second-order valence-electron chi connectivity index (χ2n) is 2.23. The van der Waals surface area contributed by atoms with Crippen LogP contribution in [0.5, 0.6) is 0 Å². The number of halogens is 3. The van der Waals surface area contributed by atoms with Crippen molar-refractivity contribution in [3.8, 4) is 0 Å². The van der Waals surface area contributed by atoms with E-state index in [0.717, 1.165) is 4.80 Å². The van der Waals surface area contributed by atoms with Gasteiger partial charge in [-0.15, -0.1) is 0 Å². The monoisotopic (exact) mass is 203 g/mol. The number of aromatic nitrogens is 3. The molecule has 1 rings (SSSR count). The van der Waals surface area contributed by atoms with Gasteiger partial charge in [-0.3, -0.25) is 0 Å². The normalized spacial score (nSPS) is 11.1. The van der Waals surface area contributed by atoms with Crippen molar-refractivity contribution in [3.63, 3.8) is 0 Å². The molecule has 8 heteroatoms. The topological polar surface area (TPSA) is 30.7 Å². The molecule has 0 aliphatic carbocycles. The summed E-state index contributed by atoms with van der Waals surface area (Å²) in [5.41, 5.74) is -0.924. The van der Waals surface area contributed by atoms with Gasteiger partial charge in [0.2, 0.25) is 0 Å². The third-order valence-electron chi connectivity index (χ3n) is 1.23. The van der Waals surface area contributed by atoms with Crippen LogP contribution < -0.4 is 57.0 Å². The van der Waals surface area contributed by atoms with Gasteiger partial charge in [-0.05, 0) is 6.92 Å². The Bertz CT molecular complexity index is 271. The van der Waals surface area contributed by atoms with Gasteiger partial charge in [-0.1, -0.05) is 0 Å². The Morgan fingerprint density at radius 3 is 1.92 bits per heavy atom. The van der Waals surface area contributed by atoms with Crippen molar-refractivity contribution >= 4 is 12.6 Å². The van der Waals surface area contributed by atoms with Crippen molar-refractivity contribution in [3.05, 3.63) is 5.69 Å². The summed E-state index contributed by atoms with van der Waals surface area (Å²) in [5, 5.41) is 6.67. The maximum atomic E-state index is 12.0. The standard InChI is InChI=1S/C4H6BF3N3.K/c1-3-4(5(6,7)8)10-11(2)9-3;/h1-2H3;/q-1;+1. The number of rotatable bonds is 1. The Balaban J connectivity index is 0.00000121. The molecule has 12 heavy (non-hydrogen) atoms. The van der Waals surface area contributed by atoms with E-state index in [0.29, 0.717) is 0 Å². The van der Waals surface area contributed by atoms with Crippen LogP contribution >= 0.6 is 0 Å². The Morgan fingerprint density at radius 1 is 1.25 bits per heavy atom. The maximum absolute atomic E-state index is 12.0. The third kappa shape index (κ3) is 2.84. The zero-order valence-corrected chi connectivity index (χ0v) is 10.2. The fraction of sp³-hybridized carbons (Fsp3) is 0.500. The Morgan fingerprint density at radius 2 is 1.75 bits per heavy atom. The Hall–Kier alpha value is 0.631. The molecule has 62 valence electrons. The Labute approximate surface area is 110 Å². The van der Waals surface area contributed by atoms with E-state index in [9.17, 15) is 12.9 Å². The van der Waals surface area contributed by atoms with Crippen molar-refractivity contribution < 1.29 is 64.3 Å². The molecule has 1 aromatic rings. The predicted octanol–water partition coefficient (Wildman–Crippen LogP) is -2.82. The zero-order valence-electron chi connectivity index (χ0n) is 7.05. The largest absolute Gasteiger partial charge is 1.00 e. The number of hydrogen-bond acceptors (Lipinski definition) is 2. The molecule has 0 amide bonds. The molecule has 0 atom stereocenters. The van der Waals surface area contributed by atoms with Crippen LogP contribution in [0.3, 0.4) is 0 Å². The third-order valence-corrected chi connectivity index (χ3v) is 1.23. The van der Waals surface area contributed by atoms with Gasteiger partial charge in [-0.2, -0.15) is 15.0 Å². The summed E-state index contributed by atoms with van der Waals surface area (Å²) in [5.74, 6) is 0. The van der Waals surface area contributed by atoms with Gasteiger partial charge in [0.15, 0.2) is 0 Å². The SMILES string of the molecule is Cc1nn(C)nc1[B-](F)(F)F.[K+]. The molecule has 0 aliphatic heterocycles. The summed E-state index contributed by atoms with van der Waals surface area (Å²) >= 11 is 0. The Kier molecular flexibility index (Phi) is 4.45. The van der Waals surface area contributed by atoms with Crippen LogP contribution in [0, 0.1) is 6.92 Å². The first-order valence-corrected chi connectivity index (χ1v) is 2.99. The van der Waals surface area contributed by atoms with Gasteiger partial charge in [0.1, 0.15) is 0 Å². The van der Waals surface area contributed by atoms with Gasteiger partial charge < -0.3 is 12.9 Å². The fourth-order valence-electron chi connectivity index (χ4n) is 0.821. The zero-order chi connectivity index (χ0) is 8.65. The van der Waals surface area contributed by atoms with E-state index in [1.54, 1.807) is 0 Å². The van der Waals surface area contributed by atoms with Crippen molar-refractivity contribution in [2.45, 2.75) is 6.92 Å². The van der Waals surface area contributed by atoms with Crippen LogP contribution in [0.4, 0.5) is 12.9 Å². The molecule has 0 fully saturated rings. The van der Waals surface area contributed by atoms with E-state index in [-0.39, 0.29) is 57.1 Å². The van der Waals surface area contributed by atoms with Crippen LogP contribution in [-0.4, -0.2) is 22.0 Å². The number of hydrogen-bond donors (Lipinski definition) is 0. The molecule has 3 nitrogen and oxygen atoms in total. The summed E-state index contributed by atoms with van der Waals surface area (Å²) in [6.45, 7) is -3.71. The van der Waals surface area contributed by atoms with E-state index in [1.807, 2.05) is 0 Å². The molecule has 0 spiro atoms. The van der Waals surface area contributed by atoms with Gasteiger partial charge >= 0.3 is 58.4 Å². The van der Waals surface area contributed by atoms with Crippen LogP contribution in [-0.2, 0) is 7.05 Å². The molecule has 0 saturated carbocycles. The van der Waals surface area contributed by atoms with Crippen LogP contribution in [0.25, 0.3) is 0 Å². The number of nitrogens with zero attached hydrogens (tertiary/aromatic N) is 3. The maximum Gasteiger partial charge on any atom is 1.00 e. The first-order valence-electron chi connectivity index (χ1n) is 2.99. The molecule has 0 radical (unpaired) electrons. The van der Waals surface area contributed by atoms with E-state index >= 15 is 0 Å². The quantitative estimate of drug-likeness (QED) is 0.461. The van der Waals surface area contributed by atoms with Crippen molar-refractivity contribution in [2.75, 3.05) is 0 Å². The minimum atomic E-state index is -5.00. The van der Waals surface area contributed by atoms with Gasteiger partial charge in [0, 0.05) is 12.6 Å². The number of aryl methyl sites for hydroxylation is 2. The van der Waals surface area contributed by atoms with Crippen molar-refractivity contribution in [1.29, 1.82) is 0 Å². The minimum Gasteiger partial charge on any atom is -0.444 e. The second-order valence-corrected chi connectivity index (χ2v) is 2.23. The molecule has 0 saturated heterocycles. The van der Waals surface area contributed by atoms with Crippen LogP contribution in [0.1, 0.15) is 5.69 Å².